The fourth-order valence-electron chi connectivity index (χ4n) is 1.92. The van der Waals surface area contributed by atoms with Gasteiger partial charge in [0.05, 0.1) is 0 Å². The number of hydrogen-bond acceptors (Lipinski definition) is 3. The third-order valence-corrected chi connectivity index (χ3v) is 3.53. The van der Waals surface area contributed by atoms with E-state index < -0.39 is 6.09 Å². The summed E-state index contributed by atoms with van der Waals surface area (Å²) in [6, 6.07) is 11.5. The lowest BCUT2D eigenvalue weighted by molar-refractivity contribution is 0.140. The Hall–Kier alpha value is -2.33. The maximum atomic E-state index is 11.5. The van der Waals surface area contributed by atoms with Crippen LogP contribution in [0.1, 0.15) is 23.1 Å². The predicted molar refractivity (Wildman–Crippen MR) is 92.3 cm³/mol. The number of ether oxygens (including phenoxy) is 1. The number of hydrogen-bond donors (Lipinski definition) is 1. The molecular weight excluding hydrogens is 312 g/mol. The van der Waals surface area contributed by atoms with Gasteiger partial charge in [-0.2, -0.15) is 0 Å². The summed E-state index contributed by atoms with van der Waals surface area (Å²) in [5.41, 5.74) is 2.89. The van der Waals surface area contributed by atoms with Crippen molar-refractivity contribution in [3.05, 3.63) is 70.5 Å². The monoisotopic (exact) mass is 330 g/mol. The summed E-state index contributed by atoms with van der Waals surface area (Å²) < 4.78 is 5.12. The molecule has 0 saturated carbocycles. The molecule has 5 heteroatoms. The maximum Gasteiger partial charge on any atom is 0.407 e. The molecule has 1 aromatic carbocycles. The summed E-state index contributed by atoms with van der Waals surface area (Å²) in [6.45, 7) is 2.71. The summed E-state index contributed by atoms with van der Waals surface area (Å²) in [7, 11) is 0. The number of amides is 1. The van der Waals surface area contributed by atoms with E-state index in [0.717, 1.165) is 16.7 Å². The standard InChI is InChI=1S/C18H19ClN2O2/c1-14-11-16(12-21-17(14)19)9-5-6-10-20-18(22)23-13-15-7-3-2-4-8-15/h2-5,7-9,11-12H,6,10,13H2,1H3,(H,20,22). The molecule has 1 amide bonds. The Morgan fingerprint density at radius 2 is 2.13 bits per heavy atom. The molecule has 0 aliphatic carbocycles. The largest absolute Gasteiger partial charge is 0.445 e. The average molecular weight is 331 g/mol. The Balaban J connectivity index is 1.65. The minimum Gasteiger partial charge on any atom is -0.445 e. The van der Waals surface area contributed by atoms with Crippen LogP contribution in [0.15, 0.2) is 48.7 Å². The third kappa shape index (κ3) is 6.12. The molecule has 0 bridgehead atoms. The van der Waals surface area contributed by atoms with Crippen molar-refractivity contribution in [3.63, 3.8) is 0 Å². The van der Waals surface area contributed by atoms with Crippen LogP contribution in [-0.4, -0.2) is 17.6 Å². The summed E-state index contributed by atoms with van der Waals surface area (Å²) in [5, 5.41) is 3.23. The predicted octanol–water partition coefficient (Wildman–Crippen LogP) is 4.37. The number of pyridine rings is 1. The lowest BCUT2D eigenvalue weighted by Crippen LogP contribution is -2.24. The second-order valence-electron chi connectivity index (χ2n) is 5.06. The van der Waals surface area contributed by atoms with Crippen molar-refractivity contribution in [1.82, 2.24) is 10.3 Å². The zero-order valence-electron chi connectivity index (χ0n) is 13.0. The lowest BCUT2D eigenvalue weighted by atomic mass is 10.2. The van der Waals surface area contributed by atoms with Crippen LogP contribution in [0.25, 0.3) is 6.08 Å². The van der Waals surface area contributed by atoms with Crippen LogP contribution in [0.3, 0.4) is 0 Å². The van der Waals surface area contributed by atoms with E-state index in [2.05, 4.69) is 10.3 Å². The van der Waals surface area contributed by atoms with Crippen molar-refractivity contribution in [2.24, 2.45) is 0 Å². The maximum absolute atomic E-state index is 11.5. The molecule has 1 aromatic heterocycles. The van der Waals surface area contributed by atoms with Gasteiger partial charge in [0.25, 0.3) is 0 Å². The van der Waals surface area contributed by atoms with E-state index in [1.165, 1.54) is 0 Å². The SMILES string of the molecule is Cc1cc(C=CCCNC(=O)OCc2ccccc2)cnc1Cl. The summed E-state index contributed by atoms with van der Waals surface area (Å²) in [4.78, 5) is 15.6. The Morgan fingerprint density at radius 1 is 1.35 bits per heavy atom. The molecule has 0 aliphatic rings. The van der Waals surface area contributed by atoms with Crippen LogP contribution >= 0.6 is 11.6 Å². The van der Waals surface area contributed by atoms with Crippen molar-refractivity contribution in [2.75, 3.05) is 6.54 Å². The Morgan fingerprint density at radius 3 is 2.87 bits per heavy atom. The van der Waals surface area contributed by atoms with Crippen LogP contribution < -0.4 is 5.32 Å². The molecule has 23 heavy (non-hydrogen) atoms. The third-order valence-electron chi connectivity index (χ3n) is 3.14. The number of nitrogens with one attached hydrogen (secondary N) is 1. The highest BCUT2D eigenvalue weighted by molar-refractivity contribution is 6.30. The van der Waals surface area contributed by atoms with E-state index in [1.807, 2.05) is 55.5 Å². The van der Waals surface area contributed by atoms with E-state index in [1.54, 1.807) is 6.20 Å². The molecule has 4 nitrogen and oxygen atoms in total. The van der Waals surface area contributed by atoms with E-state index in [0.29, 0.717) is 18.1 Å². The van der Waals surface area contributed by atoms with Gasteiger partial charge in [-0.25, -0.2) is 9.78 Å². The van der Waals surface area contributed by atoms with Crippen molar-refractivity contribution in [3.8, 4) is 0 Å². The first-order valence-corrected chi connectivity index (χ1v) is 7.76. The molecule has 0 fully saturated rings. The molecule has 2 aromatic rings. The van der Waals surface area contributed by atoms with Crippen LogP contribution in [0.2, 0.25) is 5.15 Å². The van der Waals surface area contributed by atoms with E-state index >= 15 is 0 Å². The summed E-state index contributed by atoms with van der Waals surface area (Å²) >= 11 is 5.88. The van der Waals surface area contributed by atoms with Crippen LogP contribution in [0, 0.1) is 6.92 Å². The van der Waals surface area contributed by atoms with E-state index in [9.17, 15) is 4.79 Å². The van der Waals surface area contributed by atoms with Gasteiger partial charge < -0.3 is 10.1 Å². The highest BCUT2D eigenvalue weighted by Crippen LogP contribution is 2.13. The van der Waals surface area contributed by atoms with Gasteiger partial charge in [0.15, 0.2) is 0 Å². The second-order valence-corrected chi connectivity index (χ2v) is 5.41. The fourth-order valence-corrected chi connectivity index (χ4v) is 2.03. The molecule has 120 valence electrons. The molecule has 1 heterocycles. The molecule has 0 unspecified atom stereocenters. The highest BCUT2D eigenvalue weighted by atomic mass is 35.5. The smallest absolute Gasteiger partial charge is 0.407 e. The van der Waals surface area contributed by atoms with Crippen LogP contribution in [0.5, 0.6) is 0 Å². The number of aryl methyl sites for hydroxylation is 1. The van der Waals surface area contributed by atoms with Gasteiger partial charge in [0.2, 0.25) is 0 Å². The van der Waals surface area contributed by atoms with Crippen molar-refractivity contribution in [1.29, 1.82) is 0 Å². The van der Waals surface area contributed by atoms with Gasteiger partial charge in [0.1, 0.15) is 11.8 Å². The zero-order valence-corrected chi connectivity index (χ0v) is 13.7. The molecule has 0 aliphatic heterocycles. The van der Waals surface area contributed by atoms with Gasteiger partial charge in [-0.15, -0.1) is 0 Å². The van der Waals surface area contributed by atoms with Gasteiger partial charge >= 0.3 is 6.09 Å². The number of carbonyl (C=O) groups excluding carboxylic acids is 1. The molecule has 2 rings (SSSR count). The van der Waals surface area contributed by atoms with Gasteiger partial charge in [-0.1, -0.05) is 54.1 Å². The molecule has 0 saturated heterocycles. The highest BCUT2D eigenvalue weighted by Gasteiger charge is 2.01. The fraction of sp³-hybridized carbons (Fsp3) is 0.222. The van der Waals surface area contributed by atoms with E-state index in [-0.39, 0.29) is 6.61 Å². The molecule has 0 atom stereocenters. The Bertz CT molecular complexity index is 672. The number of aromatic nitrogens is 1. The van der Waals surface area contributed by atoms with Gasteiger partial charge in [-0.3, -0.25) is 0 Å². The normalized spacial score (nSPS) is 10.7. The first-order valence-electron chi connectivity index (χ1n) is 7.38. The lowest BCUT2D eigenvalue weighted by Gasteiger charge is -2.05. The summed E-state index contributed by atoms with van der Waals surface area (Å²) in [6.07, 6.45) is 5.94. The van der Waals surface area contributed by atoms with Gasteiger partial charge in [-0.05, 0) is 36.1 Å². The first-order chi connectivity index (χ1) is 11.1. The van der Waals surface area contributed by atoms with E-state index in [4.69, 9.17) is 16.3 Å². The minimum absolute atomic E-state index is 0.276. The average Bonchev–Trinajstić information content (AvgIpc) is 2.57. The van der Waals surface area contributed by atoms with Crippen molar-refractivity contribution >= 4 is 23.8 Å². The topological polar surface area (TPSA) is 51.2 Å². The number of nitrogens with zero attached hydrogens (tertiary/aromatic N) is 1. The molecule has 1 N–H and O–H groups in total. The van der Waals surface area contributed by atoms with Crippen molar-refractivity contribution in [2.45, 2.75) is 20.0 Å². The number of rotatable bonds is 6. The molecule has 0 spiro atoms. The second kappa shape index (κ2) is 8.96. The zero-order chi connectivity index (χ0) is 16.5. The minimum atomic E-state index is -0.411. The number of halogens is 1. The van der Waals surface area contributed by atoms with Crippen molar-refractivity contribution < 1.29 is 9.53 Å². The molecule has 0 radical (unpaired) electrons. The first kappa shape index (κ1) is 17.0. The molecular formula is C18H19ClN2O2. The number of benzene rings is 1. The summed E-state index contributed by atoms with van der Waals surface area (Å²) in [5.74, 6) is 0. The Kier molecular flexibility index (Phi) is 6.63. The van der Waals surface area contributed by atoms with Crippen LogP contribution in [-0.2, 0) is 11.3 Å². The number of carbonyl (C=O) groups is 1. The number of alkyl carbamates (subject to hydrolysis) is 1. The Labute approximate surface area is 141 Å². The quantitative estimate of drug-likeness (QED) is 0.632. The van der Waals surface area contributed by atoms with Gasteiger partial charge in [0, 0.05) is 12.7 Å². The van der Waals surface area contributed by atoms with Crippen LogP contribution in [0.4, 0.5) is 4.79 Å².